The Kier molecular flexibility index (Phi) is 6.17. The molecule has 0 spiro atoms. The number of hydrogen-bond donors (Lipinski definition) is 1. The van der Waals surface area contributed by atoms with E-state index in [0.717, 1.165) is 11.3 Å². The maximum atomic E-state index is 12.7. The highest BCUT2D eigenvalue weighted by Crippen LogP contribution is 2.29. The Balaban J connectivity index is 1.53. The lowest BCUT2D eigenvalue weighted by Crippen LogP contribution is -2.14. The van der Waals surface area contributed by atoms with E-state index in [1.807, 2.05) is 78.2 Å². The highest BCUT2D eigenvalue weighted by atomic mass is 32.1. The molecule has 0 aliphatic rings. The number of carbonyl (C=O) groups excluding carboxylic acids is 1. The van der Waals surface area contributed by atoms with Crippen molar-refractivity contribution in [2.45, 2.75) is 0 Å². The van der Waals surface area contributed by atoms with Gasteiger partial charge in [0, 0.05) is 10.9 Å². The maximum absolute atomic E-state index is 12.7. The average molecular weight is 423 g/mol. The third kappa shape index (κ3) is 5.04. The number of benzene rings is 3. The standard InChI is InChI=1S/C25H17N3O2S/c26-16-19(15-24-27-22(17-31-24)18-9-3-1-4-10-18)25(29)28-21-13-7-8-14-23(21)30-20-11-5-2-6-12-20/h1-15,17H,(H,28,29)/b19-15-. The molecule has 0 atom stereocenters. The van der Waals surface area contributed by atoms with E-state index in [-0.39, 0.29) is 5.57 Å². The molecule has 1 heterocycles. The van der Waals surface area contributed by atoms with Crippen LogP contribution in [0.2, 0.25) is 0 Å². The highest BCUT2D eigenvalue weighted by Gasteiger charge is 2.14. The van der Waals surface area contributed by atoms with Crippen LogP contribution in [-0.2, 0) is 4.79 Å². The molecule has 6 heteroatoms. The summed E-state index contributed by atoms with van der Waals surface area (Å²) in [5, 5.41) is 14.8. The number of nitriles is 1. The molecular formula is C25H17N3O2S. The van der Waals surface area contributed by atoms with E-state index >= 15 is 0 Å². The Labute approximate surface area is 183 Å². The minimum Gasteiger partial charge on any atom is -0.455 e. The topological polar surface area (TPSA) is 75.0 Å². The van der Waals surface area contributed by atoms with Gasteiger partial charge in [0.1, 0.15) is 22.4 Å². The molecule has 4 rings (SSSR count). The lowest BCUT2D eigenvalue weighted by Gasteiger charge is -2.11. The number of rotatable bonds is 6. The van der Waals surface area contributed by atoms with Crippen molar-refractivity contribution in [3.05, 3.63) is 101 Å². The van der Waals surface area contributed by atoms with Crippen molar-refractivity contribution in [2.75, 3.05) is 5.32 Å². The molecule has 0 aliphatic carbocycles. The molecule has 0 saturated carbocycles. The van der Waals surface area contributed by atoms with Crippen LogP contribution in [0.5, 0.6) is 11.5 Å². The van der Waals surface area contributed by atoms with E-state index < -0.39 is 5.91 Å². The second-order valence-electron chi connectivity index (χ2n) is 6.47. The van der Waals surface area contributed by atoms with Crippen LogP contribution in [-0.4, -0.2) is 10.9 Å². The first-order valence-electron chi connectivity index (χ1n) is 9.49. The zero-order valence-corrected chi connectivity index (χ0v) is 17.2. The number of carbonyl (C=O) groups is 1. The minimum atomic E-state index is -0.525. The van der Waals surface area contributed by atoms with Gasteiger partial charge in [-0.3, -0.25) is 4.79 Å². The number of nitrogens with zero attached hydrogens (tertiary/aromatic N) is 2. The van der Waals surface area contributed by atoms with Gasteiger partial charge in [-0.25, -0.2) is 4.98 Å². The Morgan fingerprint density at radius 2 is 1.65 bits per heavy atom. The predicted octanol–water partition coefficient (Wildman–Crippen LogP) is 6.15. The summed E-state index contributed by atoms with van der Waals surface area (Å²) in [6.07, 6.45) is 1.49. The van der Waals surface area contributed by atoms with Crippen molar-refractivity contribution in [2.24, 2.45) is 0 Å². The fourth-order valence-electron chi connectivity index (χ4n) is 2.83. The number of amides is 1. The van der Waals surface area contributed by atoms with Crippen molar-refractivity contribution >= 4 is 29.0 Å². The van der Waals surface area contributed by atoms with Gasteiger partial charge in [0.25, 0.3) is 5.91 Å². The molecule has 1 aromatic heterocycles. The average Bonchev–Trinajstić information content (AvgIpc) is 3.29. The molecule has 31 heavy (non-hydrogen) atoms. The summed E-state index contributed by atoms with van der Waals surface area (Å²) in [6.45, 7) is 0. The zero-order chi connectivity index (χ0) is 21.5. The van der Waals surface area contributed by atoms with Crippen LogP contribution in [0, 0.1) is 11.3 Å². The minimum absolute atomic E-state index is 0.0384. The van der Waals surface area contributed by atoms with Gasteiger partial charge in [-0.15, -0.1) is 11.3 Å². The van der Waals surface area contributed by atoms with Crippen LogP contribution in [0.25, 0.3) is 17.3 Å². The molecule has 0 radical (unpaired) electrons. The van der Waals surface area contributed by atoms with Gasteiger partial charge < -0.3 is 10.1 Å². The maximum Gasteiger partial charge on any atom is 0.266 e. The second-order valence-corrected chi connectivity index (χ2v) is 7.36. The van der Waals surface area contributed by atoms with Crippen molar-refractivity contribution in [3.8, 4) is 28.8 Å². The monoisotopic (exact) mass is 423 g/mol. The lowest BCUT2D eigenvalue weighted by atomic mass is 10.2. The van der Waals surface area contributed by atoms with Crippen molar-refractivity contribution < 1.29 is 9.53 Å². The van der Waals surface area contributed by atoms with Gasteiger partial charge in [0.2, 0.25) is 0 Å². The van der Waals surface area contributed by atoms with Crippen molar-refractivity contribution in [3.63, 3.8) is 0 Å². The van der Waals surface area contributed by atoms with E-state index in [9.17, 15) is 10.1 Å². The molecule has 1 N–H and O–H groups in total. The fraction of sp³-hybridized carbons (Fsp3) is 0. The molecule has 0 aliphatic heterocycles. The van der Waals surface area contributed by atoms with Crippen LogP contribution in [0.3, 0.4) is 0 Å². The van der Waals surface area contributed by atoms with E-state index in [1.54, 1.807) is 18.2 Å². The second kappa shape index (κ2) is 9.53. The molecular weight excluding hydrogens is 406 g/mol. The summed E-state index contributed by atoms with van der Waals surface area (Å²) in [6, 6.07) is 28.1. The molecule has 3 aromatic carbocycles. The van der Waals surface area contributed by atoms with E-state index in [2.05, 4.69) is 10.3 Å². The van der Waals surface area contributed by atoms with Gasteiger partial charge in [0.15, 0.2) is 5.75 Å². The fourth-order valence-corrected chi connectivity index (χ4v) is 3.59. The van der Waals surface area contributed by atoms with Crippen LogP contribution in [0.4, 0.5) is 5.69 Å². The van der Waals surface area contributed by atoms with Crippen molar-refractivity contribution in [1.29, 1.82) is 5.26 Å². The summed E-state index contributed by atoms with van der Waals surface area (Å²) in [5.41, 5.74) is 2.22. The summed E-state index contributed by atoms with van der Waals surface area (Å²) in [5.74, 6) is 0.611. The Hall–Kier alpha value is -4.21. The van der Waals surface area contributed by atoms with Gasteiger partial charge >= 0.3 is 0 Å². The first kappa shape index (κ1) is 20.1. The number of ether oxygens (including phenoxy) is 1. The molecule has 0 bridgehead atoms. The number of thiazole rings is 1. The summed E-state index contributed by atoms with van der Waals surface area (Å²) in [4.78, 5) is 17.3. The van der Waals surface area contributed by atoms with Crippen LogP contribution < -0.4 is 10.1 Å². The third-order valence-electron chi connectivity index (χ3n) is 4.33. The number of para-hydroxylation sites is 3. The van der Waals surface area contributed by atoms with Gasteiger partial charge in [-0.1, -0.05) is 60.7 Å². The third-order valence-corrected chi connectivity index (χ3v) is 5.12. The smallest absolute Gasteiger partial charge is 0.266 e. The van der Waals surface area contributed by atoms with Crippen LogP contribution in [0.1, 0.15) is 5.01 Å². The largest absolute Gasteiger partial charge is 0.455 e. The molecule has 5 nitrogen and oxygen atoms in total. The zero-order valence-electron chi connectivity index (χ0n) is 16.4. The summed E-state index contributed by atoms with van der Waals surface area (Å²) < 4.78 is 5.87. The Morgan fingerprint density at radius 3 is 2.39 bits per heavy atom. The summed E-state index contributed by atoms with van der Waals surface area (Å²) in [7, 11) is 0. The van der Waals surface area contributed by atoms with Gasteiger partial charge in [-0.05, 0) is 30.3 Å². The number of hydrogen-bond acceptors (Lipinski definition) is 5. The van der Waals surface area contributed by atoms with Crippen LogP contribution in [0.15, 0.2) is 95.9 Å². The number of anilines is 1. The SMILES string of the molecule is N#C/C(=C/c1nc(-c2ccccc2)cs1)C(=O)Nc1ccccc1Oc1ccccc1. The van der Waals surface area contributed by atoms with Gasteiger partial charge in [-0.2, -0.15) is 5.26 Å². The molecule has 0 unspecified atom stereocenters. The van der Waals surface area contributed by atoms with E-state index in [4.69, 9.17) is 4.74 Å². The molecule has 0 saturated heterocycles. The van der Waals surface area contributed by atoms with E-state index in [0.29, 0.717) is 22.2 Å². The quantitative estimate of drug-likeness (QED) is 0.298. The molecule has 150 valence electrons. The predicted molar refractivity (Wildman–Crippen MR) is 123 cm³/mol. The van der Waals surface area contributed by atoms with Crippen LogP contribution >= 0.6 is 11.3 Å². The lowest BCUT2D eigenvalue weighted by molar-refractivity contribution is -0.112. The first-order chi connectivity index (χ1) is 15.2. The molecule has 0 fully saturated rings. The van der Waals surface area contributed by atoms with Crippen molar-refractivity contribution in [1.82, 2.24) is 4.98 Å². The highest BCUT2D eigenvalue weighted by molar-refractivity contribution is 7.10. The van der Waals surface area contributed by atoms with Gasteiger partial charge in [0.05, 0.1) is 11.4 Å². The first-order valence-corrected chi connectivity index (χ1v) is 10.4. The van der Waals surface area contributed by atoms with E-state index in [1.165, 1.54) is 17.4 Å². The number of aromatic nitrogens is 1. The number of nitrogens with one attached hydrogen (secondary N) is 1. The molecule has 4 aromatic rings. The summed E-state index contributed by atoms with van der Waals surface area (Å²) >= 11 is 1.37. The normalized spacial score (nSPS) is 10.9. The Bertz CT molecular complexity index is 1260. The Morgan fingerprint density at radius 1 is 0.968 bits per heavy atom. The molecule has 1 amide bonds.